The minimum absolute atomic E-state index is 0.0188. The molecule has 4 fully saturated rings. The van der Waals surface area contributed by atoms with Crippen molar-refractivity contribution in [1.82, 2.24) is 20.4 Å². The van der Waals surface area contributed by atoms with Gasteiger partial charge in [0, 0.05) is 24.6 Å². The summed E-state index contributed by atoms with van der Waals surface area (Å²) in [6, 6.07) is 0.0697. The van der Waals surface area contributed by atoms with Crippen LogP contribution in [0.4, 0.5) is 4.79 Å². The highest BCUT2D eigenvalue weighted by atomic mass is 16.5. The molecule has 0 aliphatic heterocycles. The van der Waals surface area contributed by atoms with Crippen molar-refractivity contribution in [1.29, 1.82) is 0 Å². The summed E-state index contributed by atoms with van der Waals surface area (Å²) < 4.78 is 12.8. The molecule has 1 aromatic heterocycles. The zero-order chi connectivity index (χ0) is 26.3. The fraction of sp³-hybridized carbons (Fsp3) is 0.692. The minimum atomic E-state index is -0.722. The number of nitrogens with two attached hydrogens (primary N) is 1. The number of aromatic nitrogens is 2. The molecule has 4 aliphatic rings. The van der Waals surface area contributed by atoms with Crippen LogP contribution in [0.5, 0.6) is 5.88 Å². The Bertz CT molecular complexity index is 1030. The second kappa shape index (κ2) is 9.78. The standard InChI is InChI=1S/C26H39N5O5/c1-15(2)36-23-20(13-28-31(23)7-6-25(4,5)30-16(3)32)22(33)29-21-18-8-17-9-19(21)12-26(10-17,11-18)14-35-24(27)34/h6-7,13,15,17-19,21H,8-12,14H2,1-5H3,(H2,27,34)(H,29,33)(H,30,32)/b7-6+/t17?,18?,19?,21-,26+. The molecule has 4 N–H and O–H groups in total. The lowest BCUT2D eigenvalue weighted by Gasteiger charge is -2.59. The maximum absolute atomic E-state index is 13.5. The third-order valence-corrected chi connectivity index (χ3v) is 7.69. The van der Waals surface area contributed by atoms with Crippen LogP contribution in [0.3, 0.4) is 0 Å². The molecular weight excluding hydrogens is 462 g/mol. The Balaban J connectivity index is 1.50. The Labute approximate surface area is 212 Å². The third-order valence-electron chi connectivity index (χ3n) is 7.69. The summed E-state index contributed by atoms with van der Waals surface area (Å²) in [6.45, 7) is 9.38. The average Bonchev–Trinajstić information content (AvgIpc) is 3.14. The highest BCUT2D eigenvalue weighted by Crippen LogP contribution is 2.60. The number of hydrogen-bond donors (Lipinski definition) is 3. The first-order chi connectivity index (χ1) is 16.9. The number of nitrogens with zero attached hydrogens (tertiary/aromatic N) is 2. The van der Waals surface area contributed by atoms with Crippen LogP contribution in [0, 0.1) is 23.2 Å². The van der Waals surface area contributed by atoms with E-state index in [9.17, 15) is 14.4 Å². The van der Waals surface area contributed by atoms with Gasteiger partial charge in [-0.3, -0.25) is 9.59 Å². The molecule has 2 atom stereocenters. The molecule has 0 spiro atoms. The number of carbonyl (C=O) groups is 3. The Morgan fingerprint density at radius 1 is 1.25 bits per heavy atom. The Kier molecular flexibility index (Phi) is 7.07. The van der Waals surface area contributed by atoms with Gasteiger partial charge in [0.25, 0.3) is 5.91 Å². The number of primary amides is 1. The van der Waals surface area contributed by atoms with Gasteiger partial charge in [0.05, 0.1) is 24.4 Å². The van der Waals surface area contributed by atoms with Crippen molar-refractivity contribution in [3.63, 3.8) is 0 Å². The fourth-order valence-corrected chi connectivity index (χ4v) is 6.76. The number of carbonyl (C=O) groups excluding carboxylic acids is 3. The highest BCUT2D eigenvalue weighted by Gasteiger charge is 2.56. The maximum atomic E-state index is 13.5. The number of hydrogen-bond acceptors (Lipinski definition) is 6. The van der Waals surface area contributed by atoms with Crippen LogP contribution >= 0.6 is 0 Å². The van der Waals surface area contributed by atoms with Crippen molar-refractivity contribution in [3.05, 3.63) is 17.8 Å². The van der Waals surface area contributed by atoms with Gasteiger partial charge in [-0.05, 0) is 83.6 Å². The summed E-state index contributed by atoms with van der Waals surface area (Å²) in [6.07, 6.45) is 9.23. The molecule has 36 heavy (non-hydrogen) atoms. The van der Waals surface area contributed by atoms with Crippen LogP contribution in [0.25, 0.3) is 6.20 Å². The van der Waals surface area contributed by atoms with E-state index >= 15 is 0 Å². The van der Waals surface area contributed by atoms with E-state index in [4.69, 9.17) is 15.2 Å². The van der Waals surface area contributed by atoms with E-state index < -0.39 is 11.6 Å². The molecule has 1 aromatic rings. The van der Waals surface area contributed by atoms with E-state index in [1.165, 1.54) is 17.8 Å². The van der Waals surface area contributed by atoms with Gasteiger partial charge in [-0.1, -0.05) is 0 Å². The summed E-state index contributed by atoms with van der Waals surface area (Å²) in [5.74, 6) is 1.33. The molecule has 3 amide bonds. The van der Waals surface area contributed by atoms with Crippen LogP contribution in [-0.4, -0.2) is 52.0 Å². The number of nitrogens with one attached hydrogen (secondary N) is 2. The van der Waals surface area contributed by atoms with Crippen molar-refractivity contribution in [2.45, 2.75) is 84.4 Å². The first-order valence-corrected chi connectivity index (χ1v) is 12.8. The van der Waals surface area contributed by atoms with Gasteiger partial charge < -0.3 is 25.8 Å². The van der Waals surface area contributed by atoms with Crippen molar-refractivity contribution in [2.75, 3.05) is 6.61 Å². The first kappa shape index (κ1) is 26.0. The van der Waals surface area contributed by atoms with Crippen molar-refractivity contribution in [3.8, 4) is 5.88 Å². The SMILES string of the molecule is CC(=O)NC(C)(C)/C=C/n1ncc(C(=O)N[C@H]2C3CC4CC2C[C@@](COC(N)=O)(C4)C3)c1OC(C)C. The monoisotopic (exact) mass is 501 g/mol. The number of amides is 3. The van der Waals surface area contributed by atoms with Crippen molar-refractivity contribution < 1.29 is 23.9 Å². The summed E-state index contributed by atoms with van der Waals surface area (Å²) in [5.41, 5.74) is 5.00. The predicted octanol–water partition coefficient (Wildman–Crippen LogP) is 3.08. The van der Waals surface area contributed by atoms with Crippen LogP contribution in [-0.2, 0) is 9.53 Å². The zero-order valence-electron chi connectivity index (χ0n) is 21.9. The van der Waals surface area contributed by atoms with Gasteiger partial charge >= 0.3 is 6.09 Å². The molecule has 198 valence electrons. The van der Waals surface area contributed by atoms with E-state index in [0.717, 1.165) is 32.1 Å². The molecule has 0 saturated heterocycles. The summed E-state index contributed by atoms with van der Waals surface area (Å²) in [5, 5.41) is 10.5. The van der Waals surface area contributed by atoms with Gasteiger partial charge in [-0.15, -0.1) is 0 Å². The van der Waals surface area contributed by atoms with Gasteiger partial charge in [0.1, 0.15) is 5.56 Å². The lowest BCUT2D eigenvalue weighted by molar-refractivity contribution is -0.120. The van der Waals surface area contributed by atoms with Gasteiger partial charge in [-0.25, -0.2) is 9.48 Å². The fourth-order valence-electron chi connectivity index (χ4n) is 6.76. The average molecular weight is 502 g/mol. The van der Waals surface area contributed by atoms with E-state index in [1.54, 1.807) is 6.20 Å². The summed E-state index contributed by atoms with van der Waals surface area (Å²) in [7, 11) is 0. The molecule has 4 bridgehead atoms. The van der Waals surface area contributed by atoms with E-state index in [1.807, 2.05) is 33.8 Å². The van der Waals surface area contributed by atoms with Crippen LogP contribution < -0.4 is 21.1 Å². The summed E-state index contributed by atoms with van der Waals surface area (Å²) >= 11 is 0. The maximum Gasteiger partial charge on any atom is 0.404 e. The molecule has 2 unspecified atom stereocenters. The largest absolute Gasteiger partial charge is 0.474 e. The van der Waals surface area contributed by atoms with E-state index in [-0.39, 0.29) is 29.4 Å². The van der Waals surface area contributed by atoms with Crippen molar-refractivity contribution in [2.24, 2.45) is 28.9 Å². The van der Waals surface area contributed by atoms with E-state index in [0.29, 0.717) is 35.8 Å². The molecule has 10 nitrogen and oxygen atoms in total. The zero-order valence-corrected chi connectivity index (χ0v) is 21.9. The van der Waals surface area contributed by atoms with Crippen molar-refractivity contribution >= 4 is 24.1 Å². The molecule has 0 aromatic carbocycles. The second-order valence-corrected chi connectivity index (χ2v) is 11.8. The second-order valence-electron chi connectivity index (χ2n) is 11.8. The lowest BCUT2D eigenvalue weighted by atomic mass is 9.48. The van der Waals surface area contributed by atoms with Gasteiger partial charge in [-0.2, -0.15) is 5.10 Å². The molecule has 10 heteroatoms. The van der Waals surface area contributed by atoms with Gasteiger partial charge in [0.15, 0.2) is 0 Å². The van der Waals surface area contributed by atoms with Gasteiger partial charge in [0.2, 0.25) is 11.8 Å². The first-order valence-electron chi connectivity index (χ1n) is 12.8. The lowest BCUT2D eigenvalue weighted by Crippen LogP contribution is -2.60. The Morgan fingerprint density at radius 2 is 1.92 bits per heavy atom. The molecule has 5 rings (SSSR count). The minimum Gasteiger partial charge on any atom is -0.474 e. The normalized spacial score (nSPS) is 28.9. The molecular formula is C26H39N5O5. The van der Waals surface area contributed by atoms with Crippen LogP contribution in [0.2, 0.25) is 0 Å². The third kappa shape index (κ3) is 5.68. The Hall–Kier alpha value is -3.04. The Morgan fingerprint density at radius 3 is 2.50 bits per heavy atom. The van der Waals surface area contributed by atoms with Crippen LogP contribution in [0.15, 0.2) is 12.3 Å². The number of rotatable bonds is 9. The summed E-state index contributed by atoms with van der Waals surface area (Å²) in [4.78, 5) is 36.2. The molecule has 4 saturated carbocycles. The topological polar surface area (TPSA) is 138 Å². The molecule has 1 heterocycles. The van der Waals surface area contributed by atoms with E-state index in [2.05, 4.69) is 15.7 Å². The smallest absolute Gasteiger partial charge is 0.404 e. The van der Waals surface area contributed by atoms with Crippen LogP contribution in [0.1, 0.15) is 77.1 Å². The number of ether oxygens (including phenoxy) is 2. The molecule has 4 aliphatic carbocycles. The molecule has 0 radical (unpaired) electrons. The highest BCUT2D eigenvalue weighted by molar-refractivity contribution is 5.96. The predicted molar refractivity (Wildman–Crippen MR) is 134 cm³/mol. The quantitative estimate of drug-likeness (QED) is 0.475.